The number of hydrogen-bond acceptors (Lipinski definition) is 5. The minimum Gasteiger partial charge on any atom is -0.382 e. The van der Waals surface area contributed by atoms with Crippen LogP contribution in [0.4, 0.5) is 5.69 Å². The smallest absolute Gasteiger partial charge is 0.269 e. The minimum absolute atomic E-state index is 0.148. The molecule has 2 N–H and O–H groups in total. The predicted molar refractivity (Wildman–Crippen MR) is 78.0 cm³/mol. The topological polar surface area (TPSA) is 66.5 Å². The number of nitrogens with one attached hydrogen (secondary N) is 2. The first-order valence-corrected chi connectivity index (χ1v) is 6.97. The van der Waals surface area contributed by atoms with Crippen molar-refractivity contribution in [2.24, 2.45) is 0 Å². The second kappa shape index (κ2) is 7.21. The van der Waals surface area contributed by atoms with Crippen molar-refractivity contribution in [2.75, 3.05) is 45.2 Å². The maximum absolute atomic E-state index is 11.7. The molecule has 1 unspecified atom stereocenters. The zero-order valence-electron chi connectivity index (χ0n) is 12.1. The summed E-state index contributed by atoms with van der Waals surface area (Å²) in [6.07, 6.45) is 1.82. The highest BCUT2D eigenvalue weighted by Crippen LogP contribution is 2.10. The first-order chi connectivity index (χ1) is 9.69. The van der Waals surface area contributed by atoms with Crippen LogP contribution in [-0.2, 0) is 4.74 Å². The van der Waals surface area contributed by atoms with Crippen LogP contribution in [0.15, 0.2) is 18.3 Å². The van der Waals surface area contributed by atoms with Crippen molar-refractivity contribution in [2.45, 2.75) is 13.0 Å². The Kier molecular flexibility index (Phi) is 5.31. The zero-order valence-corrected chi connectivity index (χ0v) is 12.1. The van der Waals surface area contributed by atoms with E-state index in [0.717, 1.165) is 31.9 Å². The van der Waals surface area contributed by atoms with Crippen LogP contribution in [0.1, 0.15) is 17.4 Å². The Labute approximate surface area is 119 Å². The van der Waals surface area contributed by atoms with Crippen LogP contribution in [-0.4, -0.2) is 61.7 Å². The lowest BCUT2D eigenvalue weighted by Gasteiger charge is -2.30. The Morgan fingerprint density at radius 1 is 1.60 bits per heavy atom. The highest BCUT2D eigenvalue weighted by atomic mass is 16.5. The van der Waals surface area contributed by atoms with Crippen molar-refractivity contribution in [1.29, 1.82) is 0 Å². The number of hydrogen-bond donors (Lipinski definition) is 2. The standard InChI is InChI=1S/C14H22N4O2/c1-3-15-14(19)13-8-11(4-5-16-13)17-9-12-10-18(2)6-7-20-12/h4-5,8,12H,3,6-7,9-10H2,1-2H3,(H,15,19)(H,16,17). The van der Waals surface area contributed by atoms with Gasteiger partial charge in [0.25, 0.3) is 5.91 Å². The third-order valence-electron chi connectivity index (χ3n) is 3.21. The van der Waals surface area contributed by atoms with Gasteiger partial charge in [0.05, 0.1) is 12.7 Å². The molecule has 1 atom stereocenters. The number of pyridine rings is 1. The van der Waals surface area contributed by atoms with E-state index < -0.39 is 0 Å². The lowest BCUT2D eigenvalue weighted by Crippen LogP contribution is -2.43. The van der Waals surface area contributed by atoms with Gasteiger partial charge in [0.15, 0.2) is 0 Å². The summed E-state index contributed by atoms with van der Waals surface area (Å²) >= 11 is 0. The summed E-state index contributed by atoms with van der Waals surface area (Å²) in [7, 11) is 2.09. The number of carbonyl (C=O) groups is 1. The van der Waals surface area contributed by atoms with Crippen molar-refractivity contribution < 1.29 is 9.53 Å². The molecule has 6 nitrogen and oxygen atoms in total. The van der Waals surface area contributed by atoms with E-state index >= 15 is 0 Å². The van der Waals surface area contributed by atoms with Gasteiger partial charge in [0.2, 0.25) is 0 Å². The van der Waals surface area contributed by atoms with Gasteiger partial charge in [0, 0.05) is 38.1 Å². The van der Waals surface area contributed by atoms with Crippen LogP contribution in [0.25, 0.3) is 0 Å². The van der Waals surface area contributed by atoms with Crippen LogP contribution >= 0.6 is 0 Å². The third-order valence-corrected chi connectivity index (χ3v) is 3.21. The summed E-state index contributed by atoms with van der Waals surface area (Å²) in [4.78, 5) is 18.0. The highest BCUT2D eigenvalue weighted by Gasteiger charge is 2.17. The summed E-state index contributed by atoms with van der Waals surface area (Å²) in [6, 6.07) is 3.62. The van der Waals surface area contributed by atoms with Crippen LogP contribution < -0.4 is 10.6 Å². The molecule has 1 aliphatic rings. The molecule has 0 radical (unpaired) electrons. The summed E-state index contributed by atoms with van der Waals surface area (Å²) in [6.45, 7) is 5.87. The summed E-state index contributed by atoms with van der Waals surface area (Å²) < 4.78 is 5.69. The molecule has 0 aromatic carbocycles. The molecular weight excluding hydrogens is 256 g/mol. The van der Waals surface area contributed by atoms with Crippen LogP contribution in [0, 0.1) is 0 Å². The fraction of sp³-hybridized carbons (Fsp3) is 0.571. The average molecular weight is 278 g/mol. The summed E-state index contributed by atoms with van der Waals surface area (Å²) in [5.41, 5.74) is 1.32. The number of anilines is 1. The molecular formula is C14H22N4O2. The van der Waals surface area contributed by atoms with Gasteiger partial charge >= 0.3 is 0 Å². The number of nitrogens with zero attached hydrogens (tertiary/aromatic N) is 2. The fourth-order valence-electron chi connectivity index (χ4n) is 2.14. The number of ether oxygens (including phenoxy) is 1. The molecule has 0 aliphatic carbocycles. The van der Waals surface area contributed by atoms with Gasteiger partial charge < -0.3 is 20.3 Å². The maximum atomic E-state index is 11.7. The second-order valence-corrected chi connectivity index (χ2v) is 4.93. The van der Waals surface area contributed by atoms with E-state index in [-0.39, 0.29) is 12.0 Å². The average Bonchev–Trinajstić information content (AvgIpc) is 2.46. The van der Waals surface area contributed by atoms with Crippen molar-refractivity contribution in [3.05, 3.63) is 24.0 Å². The number of rotatable bonds is 5. The maximum Gasteiger partial charge on any atom is 0.269 e. The summed E-state index contributed by atoms with van der Waals surface area (Å²) in [5.74, 6) is -0.148. The second-order valence-electron chi connectivity index (χ2n) is 4.93. The van der Waals surface area contributed by atoms with Crippen LogP contribution in [0.3, 0.4) is 0 Å². The quantitative estimate of drug-likeness (QED) is 0.824. The molecule has 1 saturated heterocycles. The summed E-state index contributed by atoms with van der Waals surface area (Å²) in [5, 5.41) is 6.04. The van der Waals surface area contributed by atoms with Gasteiger partial charge in [-0.3, -0.25) is 9.78 Å². The molecule has 0 bridgehead atoms. The van der Waals surface area contributed by atoms with E-state index in [1.54, 1.807) is 12.3 Å². The monoisotopic (exact) mass is 278 g/mol. The normalized spacial score (nSPS) is 19.6. The first-order valence-electron chi connectivity index (χ1n) is 6.97. The van der Waals surface area contributed by atoms with Crippen molar-refractivity contribution in [3.63, 3.8) is 0 Å². The van der Waals surface area contributed by atoms with E-state index in [9.17, 15) is 4.79 Å². The SMILES string of the molecule is CCNC(=O)c1cc(NCC2CN(C)CCO2)ccn1. The number of aromatic nitrogens is 1. The number of amides is 1. The predicted octanol–water partition coefficient (Wildman–Crippen LogP) is 0.574. The minimum atomic E-state index is -0.148. The molecule has 1 amide bonds. The third kappa shape index (κ3) is 4.18. The van der Waals surface area contributed by atoms with Crippen molar-refractivity contribution in [1.82, 2.24) is 15.2 Å². The van der Waals surface area contributed by atoms with Gasteiger partial charge in [-0.15, -0.1) is 0 Å². The molecule has 1 aliphatic heterocycles. The van der Waals surface area contributed by atoms with Crippen molar-refractivity contribution >= 4 is 11.6 Å². The van der Waals surface area contributed by atoms with Gasteiger partial charge in [-0.1, -0.05) is 0 Å². The molecule has 1 aromatic rings. The van der Waals surface area contributed by atoms with E-state index in [1.807, 2.05) is 13.0 Å². The lowest BCUT2D eigenvalue weighted by atomic mass is 10.2. The molecule has 0 spiro atoms. The Morgan fingerprint density at radius 2 is 2.45 bits per heavy atom. The van der Waals surface area contributed by atoms with Gasteiger partial charge in [-0.2, -0.15) is 0 Å². The molecule has 1 aromatic heterocycles. The van der Waals surface area contributed by atoms with Gasteiger partial charge in [0.1, 0.15) is 5.69 Å². The molecule has 20 heavy (non-hydrogen) atoms. The molecule has 2 rings (SSSR count). The Hall–Kier alpha value is -1.66. The zero-order chi connectivity index (χ0) is 14.4. The fourth-order valence-corrected chi connectivity index (χ4v) is 2.14. The molecule has 0 saturated carbocycles. The van der Waals surface area contributed by atoms with Gasteiger partial charge in [-0.25, -0.2) is 0 Å². The largest absolute Gasteiger partial charge is 0.382 e. The first kappa shape index (κ1) is 14.7. The molecule has 1 fully saturated rings. The molecule has 110 valence electrons. The number of likely N-dealkylation sites (N-methyl/N-ethyl adjacent to an activating group) is 1. The van der Waals surface area contributed by atoms with E-state index in [2.05, 4.69) is 27.6 Å². The lowest BCUT2D eigenvalue weighted by molar-refractivity contribution is -0.0117. The van der Waals surface area contributed by atoms with Gasteiger partial charge in [-0.05, 0) is 26.1 Å². The molecule has 2 heterocycles. The van der Waals surface area contributed by atoms with E-state index in [1.165, 1.54) is 0 Å². The number of carbonyl (C=O) groups excluding carboxylic acids is 1. The Bertz CT molecular complexity index is 453. The van der Waals surface area contributed by atoms with Crippen LogP contribution in [0.5, 0.6) is 0 Å². The Balaban J connectivity index is 1.89. The highest BCUT2D eigenvalue weighted by molar-refractivity contribution is 5.93. The molecule has 6 heteroatoms. The number of morpholine rings is 1. The van der Waals surface area contributed by atoms with E-state index in [0.29, 0.717) is 12.2 Å². The van der Waals surface area contributed by atoms with Crippen LogP contribution in [0.2, 0.25) is 0 Å². The van der Waals surface area contributed by atoms with Crippen molar-refractivity contribution in [3.8, 4) is 0 Å². The Morgan fingerprint density at radius 3 is 3.20 bits per heavy atom. The van der Waals surface area contributed by atoms with E-state index in [4.69, 9.17) is 4.74 Å².